The molecule has 4 rings (SSSR count). The quantitative estimate of drug-likeness (QED) is 0.731. The summed E-state index contributed by atoms with van der Waals surface area (Å²) in [4.78, 5) is 24.6. The fraction of sp³-hybridized carbons (Fsp3) is 0.882. The van der Waals surface area contributed by atoms with E-state index in [4.69, 9.17) is 14.2 Å². The molecule has 0 aromatic heterocycles. The third-order valence-corrected chi connectivity index (χ3v) is 7.07. The van der Waals surface area contributed by atoms with Crippen LogP contribution in [0.4, 0.5) is 0 Å². The number of ether oxygens (including phenoxy) is 3. The Bertz CT molecular complexity index is 561. The summed E-state index contributed by atoms with van der Waals surface area (Å²) in [6.07, 6.45) is 0.737. The van der Waals surface area contributed by atoms with Crippen LogP contribution in [0.15, 0.2) is 0 Å². The zero-order chi connectivity index (χ0) is 16.6. The SMILES string of the molecule is COC1OC(=O)C[C@H]2[C@@H]1C(O)[C@H]1OC(=O)C3(C)CCC[C@@]2(C)[C@@H]13. The fourth-order valence-electron chi connectivity index (χ4n) is 6.11. The molecule has 3 unspecified atom stereocenters. The predicted octanol–water partition coefficient (Wildman–Crippen LogP) is 1.25. The van der Waals surface area contributed by atoms with Gasteiger partial charge in [0.15, 0.2) is 0 Å². The summed E-state index contributed by atoms with van der Waals surface area (Å²) in [5.41, 5.74) is -0.794. The van der Waals surface area contributed by atoms with Gasteiger partial charge in [0.1, 0.15) is 12.2 Å². The van der Waals surface area contributed by atoms with Gasteiger partial charge in [0.25, 0.3) is 0 Å². The highest BCUT2D eigenvalue weighted by Crippen LogP contribution is 2.66. The van der Waals surface area contributed by atoms with Crippen molar-refractivity contribution in [3.05, 3.63) is 0 Å². The summed E-state index contributed by atoms with van der Waals surface area (Å²) in [5, 5.41) is 10.9. The molecule has 0 aromatic rings. The summed E-state index contributed by atoms with van der Waals surface area (Å²) >= 11 is 0. The minimum absolute atomic E-state index is 0.0564. The Morgan fingerprint density at radius 2 is 1.96 bits per heavy atom. The maximum absolute atomic E-state index is 12.5. The Balaban J connectivity index is 1.83. The molecule has 0 bridgehead atoms. The van der Waals surface area contributed by atoms with Crippen LogP contribution in [-0.4, -0.2) is 42.7 Å². The van der Waals surface area contributed by atoms with Gasteiger partial charge in [-0.3, -0.25) is 9.59 Å². The first-order valence-electron chi connectivity index (χ1n) is 8.44. The smallest absolute Gasteiger partial charge is 0.312 e. The van der Waals surface area contributed by atoms with E-state index in [1.165, 1.54) is 7.11 Å². The van der Waals surface area contributed by atoms with Gasteiger partial charge in [-0.2, -0.15) is 0 Å². The topological polar surface area (TPSA) is 82.1 Å². The molecule has 1 N–H and O–H groups in total. The second-order valence-electron chi connectivity index (χ2n) is 8.10. The van der Waals surface area contributed by atoms with Gasteiger partial charge in [0.05, 0.1) is 11.3 Å². The average molecular weight is 324 g/mol. The molecule has 6 nitrogen and oxygen atoms in total. The van der Waals surface area contributed by atoms with E-state index in [0.717, 1.165) is 19.3 Å². The van der Waals surface area contributed by atoms with Crippen molar-refractivity contribution in [3.8, 4) is 0 Å². The van der Waals surface area contributed by atoms with Crippen LogP contribution in [0, 0.1) is 28.6 Å². The van der Waals surface area contributed by atoms with Crippen molar-refractivity contribution in [2.45, 2.75) is 58.0 Å². The molecule has 6 heteroatoms. The maximum atomic E-state index is 12.5. The second kappa shape index (κ2) is 4.70. The van der Waals surface area contributed by atoms with Gasteiger partial charge in [-0.05, 0) is 31.1 Å². The van der Waals surface area contributed by atoms with E-state index in [1.807, 2.05) is 6.92 Å². The number of fused-ring (bicyclic) bond motifs is 2. The number of carbonyl (C=O) groups excluding carboxylic acids is 2. The van der Waals surface area contributed by atoms with Crippen LogP contribution in [0.5, 0.6) is 0 Å². The first-order valence-corrected chi connectivity index (χ1v) is 8.44. The molecule has 0 spiro atoms. The van der Waals surface area contributed by atoms with Crippen LogP contribution in [0.3, 0.4) is 0 Å². The molecule has 2 aliphatic heterocycles. The second-order valence-corrected chi connectivity index (χ2v) is 8.10. The summed E-state index contributed by atoms with van der Waals surface area (Å²) in [6.45, 7) is 4.11. The summed E-state index contributed by atoms with van der Waals surface area (Å²) < 4.78 is 16.3. The first kappa shape index (κ1) is 15.4. The number of methoxy groups -OCH3 is 1. The van der Waals surface area contributed by atoms with Gasteiger partial charge in [-0.1, -0.05) is 13.3 Å². The standard InChI is InChI=1S/C17H24O6/c1-16-5-4-6-17(2)13(16)12(23-15(17)20)11(19)10-8(16)7-9(18)22-14(10)21-3/h8,10-14,19H,4-7H2,1-3H3/t8-,10+,11?,12+,13+,14?,16+,17?/m0/s1. The van der Waals surface area contributed by atoms with E-state index >= 15 is 0 Å². The lowest BCUT2D eigenvalue weighted by Crippen LogP contribution is -2.65. The Labute approximate surface area is 135 Å². The van der Waals surface area contributed by atoms with Gasteiger partial charge in [0, 0.05) is 19.4 Å². The molecule has 0 aromatic carbocycles. The predicted molar refractivity (Wildman–Crippen MR) is 77.9 cm³/mol. The molecule has 2 saturated carbocycles. The van der Waals surface area contributed by atoms with Crippen LogP contribution < -0.4 is 0 Å². The molecule has 2 heterocycles. The Morgan fingerprint density at radius 3 is 2.65 bits per heavy atom. The lowest BCUT2D eigenvalue weighted by Gasteiger charge is -2.60. The van der Waals surface area contributed by atoms with Crippen molar-refractivity contribution in [1.82, 2.24) is 0 Å². The maximum Gasteiger partial charge on any atom is 0.312 e. The lowest BCUT2D eigenvalue weighted by molar-refractivity contribution is -0.266. The average Bonchev–Trinajstić information content (AvgIpc) is 2.78. The molecule has 0 amide bonds. The summed E-state index contributed by atoms with van der Waals surface area (Å²) in [7, 11) is 1.48. The highest BCUT2D eigenvalue weighted by atomic mass is 16.7. The van der Waals surface area contributed by atoms with E-state index in [2.05, 4.69) is 6.92 Å². The Kier molecular flexibility index (Phi) is 3.14. The molecule has 2 aliphatic carbocycles. The zero-order valence-electron chi connectivity index (χ0n) is 13.8. The Hall–Kier alpha value is -1.14. The highest BCUT2D eigenvalue weighted by molar-refractivity contribution is 5.80. The molecule has 0 radical (unpaired) electrons. The van der Waals surface area contributed by atoms with Crippen LogP contribution in [0.25, 0.3) is 0 Å². The van der Waals surface area contributed by atoms with E-state index in [1.54, 1.807) is 0 Å². The van der Waals surface area contributed by atoms with Crippen molar-refractivity contribution in [1.29, 1.82) is 0 Å². The van der Waals surface area contributed by atoms with Crippen LogP contribution in [-0.2, 0) is 23.8 Å². The fourth-order valence-corrected chi connectivity index (χ4v) is 6.11. The molecule has 23 heavy (non-hydrogen) atoms. The number of hydrogen-bond acceptors (Lipinski definition) is 6. The normalized spacial score (nSPS) is 54.8. The van der Waals surface area contributed by atoms with E-state index in [0.29, 0.717) is 0 Å². The minimum atomic E-state index is -0.861. The van der Waals surface area contributed by atoms with E-state index < -0.39 is 23.9 Å². The van der Waals surface area contributed by atoms with Crippen molar-refractivity contribution in [3.63, 3.8) is 0 Å². The largest absolute Gasteiger partial charge is 0.459 e. The molecule has 128 valence electrons. The number of aliphatic hydroxyl groups is 1. The van der Waals surface area contributed by atoms with Crippen molar-refractivity contribution in [2.75, 3.05) is 7.11 Å². The lowest BCUT2D eigenvalue weighted by atomic mass is 9.44. The Morgan fingerprint density at radius 1 is 1.22 bits per heavy atom. The number of hydrogen-bond donors (Lipinski definition) is 1. The van der Waals surface area contributed by atoms with Crippen LogP contribution in [0.2, 0.25) is 0 Å². The number of carbonyl (C=O) groups is 2. The van der Waals surface area contributed by atoms with Crippen molar-refractivity contribution < 1.29 is 28.9 Å². The van der Waals surface area contributed by atoms with Crippen molar-refractivity contribution in [2.24, 2.45) is 28.6 Å². The summed E-state index contributed by atoms with van der Waals surface area (Å²) in [6, 6.07) is 0. The number of rotatable bonds is 1. The molecule has 2 saturated heterocycles. The molecule has 8 atom stereocenters. The number of aliphatic hydroxyl groups excluding tert-OH is 1. The molecule has 4 aliphatic rings. The third-order valence-electron chi connectivity index (χ3n) is 7.07. The van der Waals surface area contributed by atoms with E-state index in [-0.39, 0.29) is 41.5 Å². The molecular formula is C17H24O6. The molecular weight excluding hydrogens is 300 g/mol. The van der Waals surface area contributed by atoms with Gasteiger partial charge < -0.3 is 19.3 Å². The van der Waals surface area contributed by atoms with E-state index in [9.17, 15) is 14.7 Å². The van der Waals surface area contributed by atoms with Crippen LogP contribution in [0.1, 0.15) is 39.5 Å². The molecule has 4 fully saturated rings. The summed E-state index contributed by atoms with van der Waals surface area (Å²) in [5.74, 6) is -0.966. The number of esters is 2. The zero-order valence-corrected chi connectivity index (χ0v) is 13.8. The van der Waals surface area contributed by atoms with Gasteiger partial charge in [0.2, 0.25) is 6.29 Å². The van der Waals surface area contributed by atoms with Gasteiger partial charge >= 0.3 is 11.9 Å². The minimum Gasteiger partial charge on any atom is -0.459 e. The third kappa shape index (κ3) is 1.76. The van der Waals surface area contributed by atoms with Crippen LogP contribution >= 0.6 is 0 Å². The highest BCUT2D eigenvalue weighted by Gasteiger charge is 2.71. The van der Waals surface area contributed by atoms with Gasteiger partial charge in [-0.25, -0.2) is 0 Å². The number of cyclic esters (lactones) is 1. The monoisotopic (exact) mass is 324 g/mol. The first-order chi connectivity index (χ1) is 10.8. The van der Waals surface area contributed by atoms with Gasteiger partial charge in [-0.15, -0.1) is 0 Å². The van der Waals surface area contributed by atoms with Crippen molar-refractivity contribution >= 4 is 11.9 Å².